The number of ether oxygens (including phenoxy) is 1. The van der Waals surface area contributed by atoms with Crippen molar-refractivity contribution in [2.24, 2.45) is 5.92 Å². The predicted octanol–water partition coefficient (Wildman–Crippen LogP) is -0.255. The molecule has 0 saturated carbocycles. The molecule has 0 amide bonds. The number of nitrogens with one attached hydrogen (secondary N) is 2. The Balaban J connectivity index is 2.34. The van der Waals surface area contributed by atoms with Crippen molar-refractivity contribution in [1.82, 2.24) is 10.6 Å². The second-order valence-electron chi connectivity index (χ2n) is 3.74. The molecule has 4 heteroatoms. The summed E-state index contributed by atoms with van der Waals surface area (Å²) >= 11 is 0. The molecule has 2 atom stereocenters. The molecule has 1 aliphatic rings. The molecule has 1 aliphatic heterocycles. The lowest BCUT2D eigenvalue weighted by Gasteiger charge is -2.31. The van der Waals surface area contributed by atoms with Gasteiger partial charge in [0, 0.05) is 19.1 Å². The Morgan fingerprint density at radius 3 is 2.46 bits per heavy atom. The minimum absolute atomic E-state index is 0.181. The quantitative estimate of drug-likeness (QED) is 0.584. The van der Waals surface area contributed by atoms with Crippen LogP contribution in [0.5, 0.6) is 0 Å². The van der Waals surface area contributed by atoms with E-state index in [0.29, 0.717) is 18.5 Å². The normalized spacial score (nSPS) is 28.9. The van der Waals surface area contributed by atoms with Crippen LogP contribution in [-0.4, -0.2) is 38.3 Å². The van der Waals surface area contributed by atoms with Crippen LogP contribution in [0.3, 0.4) is 0 Å². The third-order valence-electron chi connectivity index (χ3n) is 2.46. The van der Waals surface area contributed by atoms with Crippen LogP contribution < -0.4 is 10.6 Å². The van der Waals surface area contributed by atoms with E-state index in [0.717, 1.165) is 6.54 Å². The fourth-order valence-corrected chi connectivity index (χ4v) is 1.46. The third-order valence-corrected chi connectivity index (χ3v) is 2.46. The highest BCUT2D eigenvalue weighted by Gasteiger charge is 2.26. The first-order valence-electron chi connectivity index (χ1n) is 4.69. The molecular formula is C9H18N2O2. The largest absolute Gasteiger partial charge is 0.468 e. The molecule has 0 aromatic heterocycles. The van der Waals surface area contributed by atoms with Gasteiger partial charge >= 0.3 is 5.97 Å². The van der Waals surface area contributed by atoms with Crippen LogP contribution in [0.15, 0.2) is 0 Å². The molecule has 0 aliphatic carbocycles. The molecule has 1 fully saturated rings. The lowest BCUT2D eigenvalue weighted by atomic mass is 10.0. The maximum atomic E-state index is 11.1. The van der Waals surface area contributed by atoms with Crippen molar-refractivity contribution in [3.8, 4) is 0 Å². The fraction of sp³-hybridized carbons (Fsp3) is 0.889. The number of carbonyl (C=O) groups is 1. The number of hydrogen-bond acceptors (Lipinski definition) is 4. The van der Waals surface area contributed by atoms with Gasteiger partial charge in [0.05, 0.1) is 7.11 Å². The van der Waals surface area contributed by atoms with Crippen LogP contribution in [0.2, 0.25) is 0 Å². The van der Waals surface area contributed by atoms with Crippen molar-refractivity contribution < 1.29 is 9.53 Å². The molecule has 0 aromatic carbocycles. The number of rotatable bonds is 2. The zero-order chi connectivity index (χ0) is 9.84. The van der Waals surface area contributed by atoms with Gasteiger partial charge in [-0.25, -0.2) is 0 Å². The highest BCUT2D eigenvalue weighted by molar-refractivity contribution is 5.76. The van der Waals surface area contributed by atoms with Gasteiger partial charge in [0.15, 0.2) is 0 Å². The van der Waals surface area contributed by atoms with Crippen molar-refractivity contribution in [2.75, 3.05) is 20.2 Å². The SMILES string of the molecule is COC(=O)C1CNC(C(C)C)CN1. The van der Waals surface area contributed by atoms with Gasteiger partial charge in [-0.05, 0) is 5.92 Å². The summed E-state index contributed by atoms with van der Waals surface area (Å²) in [7, 11) is 1.42. The summed E-state index contributed by atoms with van der Waals surface area (Å²) in [6.07, 6.45) is 0. The van der Waals surface area contributed by atoms with Crippen LogP contribution in [0, 0.1) is 5.92 Å². The van der Waals surface area contributed by atoms with Gasteiger partial charge in [0.1, 0.15) is 6.04 Å². The summed E-state index contributed by atoms with van der Waals surface area (Å²) in [4.78, 5) is 11.1. The first kappa shape index (κ1) is 10.5. The van der Waals surface area contributed by atoms with Gasteiger partial charge in [-0.3, -0.25) is 4.79 Å². The van der Waals surface area contributed by atoms with Crippen molar-refractivity contribution >= 4 is 5.97 Å². The van der Waals surface area contributed by atoms with Crippen LogP contribution in [0.25, 0.3) is 0 Å². The van der Waals surface area contributed by atoms with Gasteiger partial charge in [0.2, 0.25) is 0 Å². The van der Waals surface area contributed by atoms with E-state index in [4.69, 9.17) is 0 Å². The van der Waals surface area contributed by atoms with Crippen LogP contribution in [0.4, 0.5) is 0 Å². The molecule has 13 heavy (non-hydrogen) atoms. The van der Waals surface area contributed by atoms with Crippen LogP contribution in [-0.2, 0) is 9.53 Å². The number of methoxy groups -OCH3 is 1. The molecule has 1 heterocycles. The number of piperazine rings is 1. The summed E-state index contributed by atoms with van der Waals surface area (Å²) in [5.74, 6) is 0.404. The minimum atomic E-state index is -0.185. The standard InChI is InChI=1S/C9H18N2O2/c1-6(2)7-4-11-8(5-10-7)9(12)13-3/h6-8,10-11H,4-5H2,1-3H3. The summed E-state index contributed by atoms with van der Waals surface area (Å²) < 4.78 is 4.64. The van der Waals surface area contributed by atoms with Crippen molar-refractivity contribution in [1.29, 1.82) is 0 Å². The van der Waals surface area contributed by atoms with E-state index in [9.17, 15) is 4.79 Å². The Bertz CT molecular complexity index is 174. The predicted molar refractivity (Wildman–Crippen MR) is 50.4 cm³/mol. The van der Waals surface area contributed by atoms with E-state index in [1.54, 1.807) is 0 Å². The average molecular weight is 186 g/mol. The van der Waals surface area contributed by atoms with Gasteiger partial charge < -0.3 is 15.4 Å². The maximum absolute atomic E-state index is 11.1. The smallest absolute Gasteiger partial charge is 0.324 e. The van der Waals surface area contributed by atoms with E-state index in [1.807, 2.05) is 0 Å². The first-order chi connectivity index (χ1) is 6.15. The highest BCUT2D eigenvalue weighted by Crippen LogP contribution is 2.04. The molecule has 1 rings (SSSR count). The van der Waals surface area contributed by atoms with Gasteiger partial charge in [-0.2, -0.15) is 0 Å². The van der Waals surface area contributed by atoms with Crippen LogP contribution >= 0.6 is 0 Å². The van der Waals surface area contributed by atoms with Crippen molar-refractivity contribution in [3.05, 3.63) is 0 Å². The zero-order valence-corrected chi connectivity index (χ0v) is 8.46. The molecule has 0 radical (unpaired) electrons. The van der Waals surface area contributed by atoms with E-state index in [-0.39, 0.29) is 12.0 Å². The highest BCUT2D eigenvalue weighted by atomic mass is 16.5. The first-order valence-corrected chi connectivity index (χ1v) is 4.69. The van der Waals surface area contributed by atoms with Crippen molar-refractivity contribution in [3.63, 3.8) is 0 Å². The zero-order valence-electron chi connectivity index (χ0n) is 8.46. The molecule has 0 bridgehead atoms. The Morgan fingerprint density at radius 1 is 1.38 bits per heavy atom. The third kappa shape index (κ3) is 2.67. The molecule has 0 spiro atoms. The topological polar surface area (TPSA) is 50.4 Å². The second kappa shape index (κ2) is 4.58. The van der Waals surface area contributed by atoms with E-state index in [1.165, 1.54) is 7.11 Å². The van der Waals surface area contributed by atoms with E-state index < -0.39 is 0 Å². The van der Waals surface area contributed by atoms with Gasteiger partial charge in [-0.1, -0.05) is 13.8 Å². The average Bonchev–Trinajstić information content (AvgIpc) is 2.17. The molecule has 0 aromatic rings. The Morgan fingerprint density at radius 2 is 2.08 bits per heavy atom. The maximum Gasteiger partial charge on any atom is 0.324 e. The second-order valence-corrected chi connectivity index (χ2v) is 3.74. The summed E-state index contributed by atoms with van der Waals surface area (Å²) in [6, 6.07) is 0.279. The molecule has 1 saturated heterocycles. The minimum Gasteiger partial charge on any atom is -0.468 e. The number of esters is 1. The Hall–Kier alpha value is -0.610. The fourth-order valence-electron chi connectivity index (χ4n) is 1.46. The van der Waals surface area contributed by atoms with E-state index in [2.05, 4.69) is 29.2 Å². The Kier molecular flexibility index (Phi) is 3.69. The lowest BCUT2D eigenvalue weighted by Crippen LogP contribution is -2.59. The van der Waals surface area contributed by atoms with Gasteiger partial charge in [0.25, 0.3) is 0 Å². The lowest BCUT2D eigenvalue weighted by molar-refractivity contribution is -0.143. The molecule has 2 N–H and O–H groups in total. The molecule has 2 unspecified atom stereocenters. The summed E-state index contributed by atoms with van der Waals surface area (Å²) in [5, 5.41) is 6.48. The van der Waals surface area contributed by atoms with Crippen molar-refractivity contribution in [2.45, 2.75) is 25.9 Å². The van der Waals surface area contributed by atoms with E-state index >= 15 is 0 Å². The summed E-state index contributed by atoms with van der Waals surface area (Å²) in [5.41, 5.74) is 0. The van der Waals surface area contributed by atoms with Gasteiger partial charge in [-0.15, -0.1) is 0 Å². The molecule has 4 nitrogen and oxygen atoms in total. The Labute approximate surface area is 79.0 Å². The van der Waals surface area contributed by atoms with Crippen LogP contribution in [0.1, 0.15) is 13.8 Å². The summed E-state index contributed by atoms with van der Waals surface area (Å²) in [6.45, 7) is 5.82. The molecular weight excluding hydrogens is 168 g/mol. The number of hydrogen-bond donors (Lipinski definition) is 2. The number of carbonyl (C=O) groups excluding carboxylic acids is 1. The molecule has 76 valence electrons. The monoisotopic (exact) mass is 186 g/mol.